The molecule has 0 atom stereocenters. The quantitative estimate of drug-likeness (QED) is 0.603. The molecular formula is C8H18CuN2O2S2. The summed E-state index contributed by atoms with van der Waals surface area (Å²) in [7, 11) is 0. The number of rotatable bonds is 4. The Morgan fingerprint density at radius 3 is 1.27 bits per heavy atom. The van der Waals surface area contributed by atoms with E-state index in [0.717, 1.165) is 12.8 Å². The van der Waals surface area contributed by atoms with Crippen molar-refractivity contribution in [1.82, 2.24) is 0 Å². The van der Waals surface area contributed by atoms with E-state index in [1.54, 1.807) is 0 Å². The summed E-state index contributed by atoms with van der Waals surface area (Å²) in [6.45, 7) is 5.27. The molecule has 0 saturated heterocycles. The van der Waals surface area contributed by atoms with E-state index in [1.807, 2.05) is 13.8 Å². The van der Waals surface area contributed by atoms with Crippen molar-refractivity contribution >= 4 is 34.8 Å². The van der Waals surface area contributed by atoms with Crippen LogP contribution in [0.2, 0.25) is 0 Å². The fourth-order valence-electron chi connectivity index (χ4n) is 0.405. The van der Waals surface area contributed by atoms with Gasteiger partial charge in [0.25, 0.3) is 10.3 Å². The third-order valence-corrected chi connectivity index (χ3v) is 1.13. The fourth-order valence-corrected chi connectivity index (χ4v) is 0.572. The van der Waals surface area contributed by atoms with Gasteiger partial charge in [-0.3, -0.25) is 0 Å². The van der Waals surface area contributed by atoms with Gasteiger partial charge < -0.3 is 20.9 Å². The molecule has 15 heavy (non-hydrogen) atoms. The molecular weight excluding hydrogens is 284 g/mol. The van der Waals surface area contributed by atoms with Crippen LogP contribution in [0.3, 0.4) is 0 Å². The van der Waals surface area contributed by atoms with Crippen LogP contribution in [0.5, 0.6) is 0 Å². The number of hydrogen-bond donors (Lipinski definition) is 2. The Kier molecular flexibility index (Phi) is 22.1. The molecule has 0 unspecified atom stereocenters. The van der Waals surface area contributed by atoms with Gasteiger partial charge in [0, 0.05) is 17.1 Å². The monoisotopic (exact) mass is 301 g/mol. The molecule has 0 aromatic heterocycles. The maximum Gasteiger partial charge on any atom is 0.253 e. The Bertz CT molecular complexity index is 153. The van der Waals surface area contributed by atoms with E-state index in [0.29, 0.717) is 13.2 Å². The minimum absolute atomic E-state index is 0. The third-order valence-electron chi connectivity index (χ3n) is 0.897. The fraction of sp³-hybridized carbons (Fsp3) is 0.750. The maximum atomic E-state index is 4.99. The second-order valence-electron chi connectivity index (χ2n) is 2.33. The molecule has 0 saturated carbocycles. The first-order chi connectivity index (χ1) is 6.54. The van der Waals surface area contributed by atoms with E-state index in [1.165, 1.54) is 0 Å². The van der Waals surface area contributed by atoms with Gasteiger partial charge in [-0.25, -0.2) is 0 Å². The van der Waals surface area contributed by atoms with Gasteiger partial charge in [0.1, 0.15) is 0 Å². The molecule has 7 heteroatoms. The van der Waals surface area contributed by atoms with Gasteiger partial charge in [0.05, 0.1) is 13.2 Å². The topological polar surface area (TPSA) is 70.5 Å². The van der Waals surface area contributed by atoms with Crippen molar-refractivity contribution < 1.29 is 26.5 Å². The minimum Gasteiger partial charge on any atom is -0.471 e. The van der Waals surface area contributed by atoms with E-state index in [9.17, 15) is 0 Å². The average Bonchev–Trinajstić information content (AvgIpc) is 2.12. The van der Waals surface area contributed by atoms with Crippen LogP contribution in [-0.4, -0.2) is 23.6 Å². The van der Waals surface area contributed by atoms with Crippen LogP contribution in [0.1, 0.15) is 26.7 Å². The zero-order valence-electron chi connectivity index (χ0n) is 8.92. The summed E-state index contributed by atoms with van der Waals surface area (Å²) in [5.74, 6) is 0. The second-order valence-corrected chi connectivity index (χ2v) is 3.14. The van der Waals surface area contributed by atoms with Gasteiger partial charge in [0.2, 0.25) is 0 Å². The van der Waals surface area contributed by atoms with Crippen molar-refractivity contribution in [3.8, 4) is 0 Å². The molecule has 0 heterocycles. The number of thiocarbonyl (C=S) groups is 2. The Labute approximate surface area is 113 Å². The van der Waals surface area contributed by atoms with Crippen molar-refractivity contribution in [2.45, 2.75) is 26.7 Å². The van der Waals surface area contributed by atoms with E-state index in [2.05, 4.69) is 24.4 Å². The van der Waals surface area contributed by atoms with Crippen molar-refractivity contribution in [1.29, 1.82) is 0 Å². The Hall–Kier alpha value is -0.101. The Balaban J connectivity index is -0.000000180. The summed E-state index contributed by atoms with van der Waals surface area (Å²) in [5.41, 5.74) is 9.98. The zero-order chi connectivity index (χ0) is 11.4. The Morgan fingerprint density at radius 2 is 1.20 bits per heavy atom. The number of hydrogen-bond acceptors (Lipinski definition) is 4. The molecule has 95 valence electrons. The summed E-state index contributed by atoms with van der Waals surface area (Å²) < 4.78 is 9.40. The molecule has 0 aliphatic rings. The molecule has 0 aliphatic carbocycles. The van der Waals surface area contributed by atoms with Gasteiger partial charge in [-0.1, -0.05) is 13.8 Å². The molecule has 0 rings (SSSR count). The molecule has 0 spiro atoms. The van der Waals surface area contributed by atoms with Crippen molar-refractivity contribution in [3.05, 3.63) is 0 Å². The molecule has 0 amide bonds. The smallest absolute Gasteiger partial charge is 0.253 e. The van der Waals surface area contributed by atoms with E-state index < -0.39 is 0 Å². The summed E-state index contributed by atoms with van der Waals surface area (Å²) in [6, 6.07) is 0. The van der Waals surface area contributed by atoms with Crippen LogP contribution in [-0.2, 0) is 26.5 Å². The largest absolute Gasteiger partial charge is 0.471 e. The predicted octanol–water partition coefficient (Wildman–Crippen LogP) is 1.31. The molecule has 1 radical (unpaired) electrons. The van der Waals surface area contributed by atoms with Crippen LogP contribution in [0.4, 0.5) is 0 Å². The van der Waals surface area contributed by atoms with Crippen LogP contribution in [0, 0.1) is 0 Å². The van der Waals surface area contributed by atoms with Crippen LogP contribution < -0.4 is 11.5 Å². The van der Waals surface area contributed by atoms with Gasteiger partial charge in [-0.05, 0) is 37.3 Å². The first kappa shape index (κ1) is 20.3. The molecule has 4 N–H and O–H groups in total. The van der Waals surface area contributed by atoms with Crippen molar-refractivity contribution in [3.63, 3.8) is 0 Å². The average molecular weight is 302 g/mol. The maximum absolute atomic E-state index is 4.99. The van der Waals surface area contributed by atoms with Crippen molar-refractivity contribution in [2.24, 2.45) is 11.5 Å². The summed E-state index contributed by atoms with van der Waals surface area (Å²) in [6.07, 6.45) is 1.91. The number of nitrogens with two attached hydrogens (primary N) is 2. The predicted molar refractivity (Wildman–Crippen MR) is 66.1 cm³/mol. The van der Waals surface area contributed by atoms with Gasteiger partial charge in [0.15, 0.2) is 0 Å². The van der Waals surface area contributed by atoms with Crippen molar-refractivity contribution in [2.75, 3.05) is 13.2 Å². The van der Waals surface area contributed by atoms with E-state index in [-0.39, 0.29) is 27.4 Å². The minimum atomic E-state index is 0. The van der Waals surface area contributed by atoms with Crippen LogP contribution in [0.25, 0.3) is 0 Å². The van der Waals surface area contributed by atoms with Gasteiger partial charge in [-0.15, -0.1) is 0 Å². The normalized spacial score (nSPS) is 7.60. The first-order valence-corrected chi connectivity index (χ1v) is 5.20. The molecule has 4 nitrogen and oxygen atoms in total. The molecule has 0 fully saturated rings. The molecule has 0 aromatic carbocycles. The number of ether oxygens (including phenoxy) is 2. The first-order valence-electron chi connectivity index (χ1n) is 4.39. The second kappa shape index (κ2) is 16.3. The molecule has 0 bridgehead atoms. The van der Waals surface area contributed by atoms with Crippen LogP contribution in [0.15, 0.2) is 0 Å². The SMILES string of the molecule is CCCOC(N)=S.CCCOC(N)=S.[Cu]. The van der Waals surface area contributed by atoms with E-state index >= 15 is 0 Å². The van der Waals surface area contributed by atoms with Gasteiger partial charge in [-0.2, -0.15) is 0 Å². The summed E-state index contributed by atoms with van der Waals surface area (Å²) in [4.78, 5) is 0. The Morgan fingerprint density at radius 1 is 0.933 bits per heavy atom. The van der Waals surface area contributed by atoms with Gasteiger partial charge >= 0.3 is 0 Å². The standard InChI is InChI=1S/2C4H9NOS.Cu/c2*1-2-3-6-4(5)7;/h2*2-3H2,1H3,(H2,5,7);. The third kappa shape index (κ3) is 31.5. The van der Waals surface area contributed by atoms with E-state index in [4.69, 9.17) is 20.9 Å². The summed E-state index contributed by atoms with van der Waals surface area (Å²) in [5, 5.41) is 0.281. The zero-order valence-corrected chi connectivity index (χ0v) is 11.5. The summed E-state index contributed by atoms with van der Waals surface area (Å²) >= 11 is 8.83. The molecule has 0 aromatic rings. The van der Waals surface area contributed by atoms with Crippen LogP contribution >= 0.6 is 24.4 Å². The molecule has 0 aliphatic heterocycles.